The first kappa shape index (κ1) is 19.5. The van der Waals surface area contributed by atoms with Gasteiger partial charge in [0.25, 0.3) is 5.91 Å². The standard InChI is InChI=1S/C17H16F4N2O3/c1-23(9-10-25-14-7-3-2-6-13(14)18)16(24)12-5-4-8-22-15(12)26-11-17(19,20)21/h2-8H,9-11H2,1H3. The molecule has 5 nitrogen and oxygen atoms in total. The van der Waals surface area contributed by atoms with Crippen molar-refractivity contribution >= 4 is 5.91 Å². The predicted octanol–water partition coefficient (Wildman–Crippen LogP) is 3.31. The molecular weight excluding hydrogens is 356 g/mol. The molecule has 2 aromatic rings. The van der Waals surface area contributed by atoms with Crippen molar-refractivity contribution < 1.29 is 31.8 Å². The molecule has 1 aromatic carbocycles. The van der Waals surface area contributed by atoms with E-state index in [-0.39, 0.29) is 24.5 Å². The number of alkyl halides is 3. The van der Waals surface area contributed by atoms with Crippen molar-refractivity contribution in [3.8, 4) is 11.6 Å². The SMILES string of the molecule is CN(CCOc1ccccc1F)C(=O)c1cccnc1OCC(F)(F)F. The molecule has 0 aliphatic heterocycles. The van der Waals surface area contributed by atoms with Gasteiger partial charge in [-0.15, -0.1) is 0 Å². The lowest BCUT2D eigenvalue weighted by molar-refractivity contribution is -0.154. The van der Waals surface area contributed by atoms with Crippen LogP contribution < -0.4 is 9.47 Å². The minimum atomic E-state index is -4.54. The van der Waals surface area contributed by atoms with Crippen LogP contribution in [0.3, 0.4) is 0 Å². The Bertz CT molecular complexity index is 753. The highest BCUT2D eigenvalue weighted by molar-refractivity contribution is 5.96. The topological polar surface area (TPSA) is 51.7 Å². The van der Waals surface area contributed by atoms with Crippen molar-refractivity contribution in [1.82, 2.24) is 9.88 Å². The van der Waals surface area contributed by atoms with E-state index in [1.807, 2.05) is 0 Å². The largest absolute Gasteiger partial charge is 0.489 e. The fourth-order valence-electron chi connectivity index (χ4n) is 1.98. The molecule has 0 saturated carbocycles. The molecule has 1 amide bonds. The number of para-hydroxylation sites is 1. The van der Waals surface area contributed by atoms with Crippen molar-refractivity contribution in [2.75, 3.05) is 26.8 Å². The molecule has 0 fully saturated rings. The summed E-state index contributed by atoms with van der Waals surface area (Å²) in [5, 5.41) is 0. The van der Waals surface area contributed by atoms with Crippen molar-refractivity contribution in [2.45, 2.75) is 6.18 Å². The molecule has 0 N–H and O–H groups in total. The van der Waals surface area contributed by atoms with Crippen molar-refractivity contribution in [2.24, 2.45) is 0 Å². The third kappa shape index (κ3) is 5.61. The van der Waals surface area contributed by atoms with Gasteiger partial charge in [-0.05, 0) is 24.3 Å². The van der Waals surface area contributed by atoms with Crippen LogP contribution in [0.4, 0.5) is 17.6 Å². The van der Waals surface area contributed by atoms with Crippen LogP contribution in [0.1, 0.15) is 10.4 Å². The third-order valence-corrected chi connectivity index (χ3v) is 3.24. The zero-order chi connectivity index (χ0) is 19.2. The first-order chi connectivity index (χ1) is 12.3. The summed E-state index contributed by atoms with van der Waals surface area (Å²) in [5.41, 5.74) is -0.106. The number of halogens is 4. The van der Waals surface area contributed by atoms with Crippen LogP contribution in [0.15, 0.2) is 42.6 Å². The lowest BCUT2D eigenvalue weighted by atomic mass is 10.2. The number of nitrogens with zero attached hydrogens (tertiary/aromatic N) is 2. The number of benzene rings is 1. The number of hydrogen-bond acceptors (Lipinski definition) is 4. The van der Waals surface area contributed by atoms with Gasteiger partial charge in [0.05, 0.1) is 6.54 Å². The van der Waals surface area contributed by atoms with E-state index in [4.69, 9.17) is 4.74 Å². The number of aromatic nitrogens is 1. The molecule has 2 rings (SSSR count). The summed E-state index contributed by atoms with van der Waals surface area (Å²) in [6, 6.07) is 8.54. The fourth-order valence-corrected chi connectivity index (χ4v) is 1.98. The van der Waals surface area contributed by atoms with E-state index in [0.29, 0.717) is 0 Å². The van der Waals surface area contributed by atoms with Crippen molar-refractivity contribution in [3.63, 3.8) is 0 Å². The monoisotopic (exact) mass is 372 g/mol. The molecular formula is C17H16F4N2O3. The Hall–Kier alpha value is -2.84. The maximum absolute atomic E-state index is 13.4. The maximum atomic E-state index is 13.4. The summed E-state index contributed by atoms with van der Waals surface area (Å²) in [7, 11) is 1.44. The van der Waals surface area contributed by atoms with E-state index in [1.54, 1.807) is 6.07 Å². The smallest absolute Gasteiger partial charge is 0.422 e. The normalized spacial score (nSPS) is 11.1. The summed E-state index contributed by atoms with van der Waals surface area (Å²) in [4.78, 5) is 17.3. The summed E-state index contributed by atoms with van der Waals surface area (Å²) in [6.45, 7) is -1.46. The van der Waals surface area contributed by atoms with Gasteiger partial charge in [0.2, 0.25) is 5.88 Å². The van der Waals surface area contributed by atoms with Crippen LogP contribution >= 0.6 is 0 Å². The molecule has 0 aliphatic rings. The molecule has 140 valence electrons. The fraction of sp³-hybridized carbons (Fsp3) is 0.294. The van der Waals surface area contributed by atoms with Crippen LogP contribution in [-0.4, -0.2) is 48.8 Å². The molecule has 0 saturated heterocycles. The lowest BCUT2D eigenvalue weighted by Crippen LogP contribution is -2.31. The lowest BCUT2D eigenvalue weighted by Gasteiger charge is -2.19. The van der Waals surface area contributed by atoms with Crippen molar-refractivity contribution in [1.29, 1.82) is 0 Å². The summed E-state index contributed by atoms with van der Waals surface area (Å²) in [5.74, 6) is -1.48. The summed E-state index contributed by atoms with van der Waals surface area (Å²) < 4.78 is 60.2. The number of amides is 1. The highest BCUT2D eigenvalue weighted by Crippen LogP contribution is 2.21. The summed E-state index contributed by atoms with van der Waals surface area (Å²) >= 11 is 0. The molecule has 0 aliphatic carbocycles. The van der Waals surface area contributed by atoms with Crippen molar-refractivity contribution in [3.05, 3.63) is 54.0 Å². The number of pyridine rings is 1. The zero-order valence-corrected chi connectivity index (χ0v) is 13.8. The van der Waals surface area contributed by atoms with Gasteiger partial charge in [0.1, 0.15) is 12.2 Å². The van der Waals surface area contributed by atoms with E-state index in [9.17, 15) is 22.4 Å². The number of carbonyl (C=O) groups is 1. The number of carbonyl (C=O) groups excluding carboxylic acids is 1. The number of hydrogen-bond donors (Lipinski definition) is 0. The van der Waals surface area contributed by atoms with Gasteiger partial charge in [-0.1, -0.05) is 12.1 Å². The molecule has 9 heteroatoms. The summed E-state index contributed by atoms with van der Waals surface area (Å²) in [6.07, 6.45) is -3.32. The third-order valence-electron chi connectivity index (χ3n) is 3.24. The van der Waals surface area contributed by atoms with Gasteiger partial charge in [0.15, 0.2) is 18.2 Å². The molecule has 0 atom stereocenters. The Morgan fingerprint density at radius 1 is 1.15 bits per heavy atom. The van der Waals surface area contributed by atoms with E-state index < -0.39 is 30.4 Å². The highest BCUT2D eigenvalue weighted by Gasteiger charge is 2.30. The van der Waals surface area contributed by atoms with Crippen LogP contribution in [-0.2, 0) is 0 Å². The highest BCUT2D eigenvalue weighted by atomic mass is 19.4. The van der Waals surface area contributed by atoms with E-state index in [0.717, 1.165) is 0 Å². The van der Waals surface area contributed by atoms with Crippen LogP contribution in [0.5, 0.6) is 11.6 Å². The Labute approximate surface area is 147 Å². The predicted molar refractivity (Wildman–Crippen MR) is 84.6 cm³/mol. The van der Waals surface area contributed by atoms with Gasteiger partial charge < -0.3 is 14.4 Å². The van der Waals surface area contributed by atoms with Crippen LogP contribution in [0.2, 0.25) is 0 Å². The average molecular weight is 372 g/mol. The van der Waals surface area contributed by atoms with Gasteiger partial charge in [0, 0.05) is 13.2 Å². The number of ether oxygens (including phenoxy) is 2. The molecule has 0 spiro atoms. The Kier molecular flexibility index (Phi) is 6.37. The second kappa shape index (κ2) is 8.50. The Balaban J connectivity index is 1.96. The molecule has 0 radical (unpaired) electrons. The van der Waals surface area contributed by atoms with Gasteiger partial charge in [-0.2, -0.15) is 13.2 Å². The minimum absolute atomic E-state index is 0.00216. The molecule has 26 heavy (non-hydrogen) atoms. The van der Waals surface area contributed by atoms with Gasteiger partial charge in [-0.3, -0.25) is 4.79 Å². The minimum Gasteiger partial charge on any atom is -0.489 e. The van der Waals surface area contributed by atoms with Gasteiger partial charge in [-0.25, -0.2) is 9.37 Å². The first-order valence-corrected chi connectivity index (χ1v) is 7.55. The molecule has 0 unspecified atom stereocenters. The second-order valence-corrected chi connectivity index (χ2v) is 5.27. The molecule has 1 aromatic heterocycles. The Morgan fingerprint density at radius 3 is 2.58 bits per heavy atom. The second-order valence-electron chi connectivity index (χ2n) is 5.27. The van der Waals surface area contributed by atoms with Crippen LogP contribution in [0.25, 0.3) is 0 Å². The van der Waals surface area contributed by atoms with E-state index in [2.05, 4.69) is 9.72 Å². The average Bonchev–Trinajstić information content (AvgIpc) is 2.60. The number of likely N-dealkylation sites (N-methyl/N-ethyl adjacent to an activating group) is 1. The zero-order valence-electron chi connectivity index (χ0n) is 13.8. The molecule has 1 heterocycles. The van der Waals surface area contributed by atoms with Gasteiger partial charge >= 0.3 is 6.18 Å². The van der Waals surface area contributed by atoms with E-state index >= 15 is 0 Å². The maximum Gasteiger partial charge on any atom is 0.422 e. The quantitative estimate of drug-likeness (QED) is 0.700. The first-order valence-electron chi connectivity index (χ1n) is 7.55. The Morgan fingerprint density at radius 2 is 1.88 bits per heavy atom. The van der Waals surface area contributed by atoms with Crippen LogP contribution in [0, 0.1) is 5.82 Å². The number of rotatable bonds is 7. The molecule has 0 bridgehead atoms. The van der Waals surface area contributed by atoms with E-state index in [1.165, 1.54) is 48.5 Å².